The van der Waals surface area contributed by atoms with Gasteiger partial charge in [0.05, 0.1) is 22.9 Å². The second-order valence-electron chi connectivity index (χ2n) is 8.62. The van der Waals surface area contributed by atoms with Crippen molar-refractivity contribution in [1.82, 2.24) is 0 Å². The molecule has 1 atom stereocenters. The van der Waals surface area contributed by atoms with E-state index < -0.39 is 29.3 Å². The fourth-order valence-electron chi connectivity index (χ4n) is 3.76. The maximum atomic E-state index is 13.8. The number of benzene rings is 2. The molecule has 0 fully saturated rings. The number of Topliss-reactive ketones (excluding diaryl/α,β-unsaturated/α-hetero) is 1. The molecule has 1 amide bonds. The summed E-state index contributed by atoms with van der Waals surface area (Å²) in [5.74, 6) is -2.72. The van der Waals surface area contributed by atoms with Gasteiger partial charge in [0.15, 0.2) is 11.5 Å². The van der Waals surface area contributed by atoms with Crippen LogP contribution in [-0.2, 0) is 10.2 Å². The summed E-state index contributed by atoms with van der Waals surface area (Å²) in [5, 5.41) is 10.5. The van der Waals surface area contributed by atoms with Gasteiger partial charge in [0.2, 0.25) is 5.78 Å². The Morgan fingerprint density at radius 3 is 2.38 bits per heavy atom. The van der Waals surface area contributed by atoms with E-state index in [0.29, 0.717) is 5.56 Å². The van der Waals surface area contributed by atoms with Crippen molar-refractivity contribution in [2.24, 2.45) is 0 Å². The van der Waals surface area contributed by atoms with Crippen LogP contribution in [0.25, 0.3) is 0 Å². The van der Waals surface area contributed by atoms with E-state index in [4.69, 9.17) is 16.0 Å². The zero-order chi connectivity index (χ0) is 23.2. The van der Waals surface area contributed by atoms with Gasteiger partial charge in [-0.2, -0.15) is 0 Å². The van der Waals surface area contributed by atoms with Crippen molar-refractivity contribution in [3.63, 3.8) is 0 Å². The first-order valence-electron chi connectivity index (χ1n) is 10.00. The van der Waals surface area contributed by atoms with Gasteiger partial charge in [-0.3, -0.25) is 14.5 Å². The van der Waals surface area contributed by atoms with E-state index in [2.05, 4.69) is 20.8 Å². The van der Waals surface area contributed by atoms with Crippen LogP contribution < -0.4 is 4.90 Å². The Bertz CT molecular complexity index is 1220. The molecule has 5 nitrogen and oxygen atoms in total. The highest BCUT2D eigenvalue weighted by Gasteiger charge is 2.45. The normalized spacial score (nSPS) is 16.7. The van der Waals surface area contributed by atoms with Crippen molar-refractivity contribution in [1.29, 1.82) is 0 Å². The molecule has 1 aromatic heterocycles. The Morgan fingerprint density at radius 2 is 1.81 bits per heavy atom. The van der Waals surface area contributed by atoms with E-state index >= 15 is 0 Å². The Kier molecular flexibility index (Phi) is 5.42. The number of hydrogen-bond acceptors (Lipinski definition) is 4. The van der Waals surface area contributed by atoms with Crippen LogP contribution in [0.4, 0.5) is 10.1 Å². The van der Waals surface area contributed by atoms with Gasteiger partial charge in [-0.15, -0.1) is 0 Å². The Balaban J connectivity index is 1.87. The van der Waals surface area contributed by atoms with Crippen molar-refractivity contribution in [3.8, 4) is 0 Å². The van der Waals surface area contributed by atoms with Crippen molar-refractivity contribution in [3.05, 3.63) is 99.9 Å². The average Bonchev–Trinajstić information content (AvgIpc) is 3.37. The number of amides is 1. The lowest BCUT2D eigenvalue weighted by atomic mass is 9.85. The predicted molar refractivity (Wildman–Crippen MR) is 119 cm³/mol. The molecule has 4 rings (SSSR count). The minimum atomic E-state index is -0.948. The molecule has 1 aliphatic heterocycles. The zero-order valence-electron chi connectivity index (χ0n) is 17.7. The van der Waals surface area contributed by atoms with E-state index in [9.17, 15) is 19.1 Å². The topological polar surface area (TPSA) is 70.7 Å². The van der Waals surface area contributed by atoms with Crippen LogP contribution in [0, 0.1) is 5.82 Å². The molecule has 3 aromatic rings. The monoisotopic (exact) mass is 453 g/mol. The largest absolute Gasteiger partial charge is 0.503 e. The number of carbonyl (C=O) groups is 2. The Labute approximate surface area is 189 Å². The molecule has 0 radical (unpaired) electrons. The molecule has 0 saturated carbocycles. The van der Waals surface area contributed by atoms with E-state index in [1.807, 2.05) is 24.3 Å². The average molecular weight is 454 g/mol. The summed E-state index contributed by atoms with van der Waals surface area (Å²) in [6, 6.07) is 13.3. The molecule has 32 heavy (non-hydrogen) atoms. The number of carbonyl (C=O) groups excluding carboxylic acids is 2. The molecule has 1 aliphatic rings. The van der Waals surface area contributed by atoms with Crippen LogP contribution in [0.5, 0.6) is 0 Å². The third-order valence-corrected chi connectivity index (χ3v) is 5.76. The van der Waals surface area contributed by atoms with Gasteiger partial charge < -0.3 is 9.52 Å². The quantitative estimate of drug-likeness (QED) is 0.481. The summed E-state index contributed by atoms with van der Waals surface area (Å²) in [6.07, 6.45) is 1.34. The second-order valence-corrected chi connectivity index (χ2v) is 9.02. The standard InChI is InChI=1S/C25H21ClFNO4/c1-25(2,3)15-8-6-14(7-9-15)21-20(22(29)19-5-4-12-32-19)23(30)24(31)28(21)16-10-11-18(27)17(26)13-16/h4-13,21,30H,1-3H3. The van der Waals surface area contributed by atoms with Gasteiger partial charge >= 0.3 is 0 Å². The molecular weight excluding hydrogens is 433 g/mol. The highest BCUT2D eigenvalue weighted by atomic mass is 35.5. The summed E-state index contributed by atoms with van der Waals surface area (Å²) >= 11 is 5.95. The third-order valence-electron chi connectivity index (χ3n) is 5.47. The number of nitrogens with zero attached hydrogens (tertiary/aromatic N) is 1. The van der Waals surface area contributed by atoms with E-state index in [1.54, 1.807) is 6.07 Å². The van der Waals surface area contributed by atoms with E-state index in [1.165, 1.54) is 29.4 Å². The fourth-order valence-corrected chi connectivity index (χ4v) is 3.93. The van der Waals surface area contributed by atoms with Crippen LogP contribution in [0.2, 0.25) is 5.02 Å². The number of ketones is 1. The van der Waals surface area contributed by atoms with Crippen LogP contribution in [-0.4, -0.2) is 16.8 Å². The predicted octanol–water partition coefficient (Wildman–Crippen LogP) is 6.15. The van der Waals surface area contributed by atoms with E-state index in [-0.39, 0.29) is 27.5 Å². The molecule has 0 bridgehead atoms. The highest BCUT2D eigenvalue weighted by molar-refractivity contribution is 6.31. The third kappa shape index (κ3) is 3.71. The van der Waals surface area contributed by atoms with Crippen molar-refractivity contribution < 1.29 is 23.5 Å². The van der Waals surface area contributed by atoms with Gasteiger partial charge in [0.25, 0.3) is 5.91 Å². The van der Waals surface area contributed by atoms with Gasteiger partial charge in [-0.1, -0.05) is 56.6 Å². The molecule has 164 valence electrons. The maximum absolute atomic E-state index is 13.8. The summed E-state index contributed by atoms with van der Waals surface area (Å²) in [6.45, 7) is 6.22. The van der Waals surface area contributed by atoms with Gasteiger partial charge in [0.1, 0.15) is 5.82 Å². The summed E-state index contributed by atoms with van der Waals surface area (Å²) in [4.78, 5) is 27.5. The molecule has 7 heteroatoms. The zero-order valence-corrected chi connectivity index (χ0v) is 18.5. The van der Waals surface area contributed by atoms with Crippen molar-refractivity contribution >= 4 is 29.0 Å². The fraction of sp³-hybridized carbons (Fsp3) is 0.200. The summed E-state index contributed by atoms with van der Waals surface area (Å²) in [5.41, 5.74) is 1.70. The number of furan rings is 1. The smallest absolute Gasteiger partial charge is 0.294 e. The van der Waals surface area contributed by atoms with Gasteiger partial charge in [-0.25, -0.2) is 4.39 Å². The lowest BCUT2D eigenvalue weighted by Gasteiger charge is -2.28. The maximum Gasteiger partial charge on any atom is 0.294 e. The Hall–Kier alpha value is -3.38. The number of aliphatic hydroxyl groups is 1. The van der Waals surface area contributed by atoms with Crippen LogP contribution in [0.3, 0.4) is 0 Å². The number of halogens is 2. The molecule has 2 aromatic carbocycles. The highest BCUT2D eigenvalue weighted by Crippen LogP contribution is 2.43. The second kappa shape index (κ2) is 7.95. The first-order valence-corrected chi connectivity index (χ1v) is 10.4. The number of aliphatic hydroxyl groups excluding tert-OH is 1. The minimum absolute atomic E-state index is 0.00495. The van der Waals surface area contributed by atoms with Crippen molar-refractivity contribution in [2.75, 3.05) is 4.90 Å². The molecule has 1 N–H and O–H groups in total. The lowest BCUT2D eigenvalue weighted by molar-refractivity contribution is -0.117. The molecule has 2 heterocycles. The number of hydrogen-bond donors (Lipinski definition) is 1. The summed E-state index contributed by atoms with van der Waals surface area (Å²) in [7, 11) is 0. The van der Waals surface area contributed by atoms with E-state index in [0.717, 1.165) is 11.6 Å². The van der Waals surface area contributed by atoms with Gasteiger partial charge in [0, 0.05) is 5.69 Å². The minimum Gasteiger partial charge on any atom is -0.503 e. The first-order chi connectivity index (χ1) is 15.1. The molecule has 0 saturated heterocycles. The first kappa shape index (κ1) is 21.8. The molecular formula is C25H21ClFNO4. The molecule has 0 spiro atoms. The number of rotatable bonds is 4. The van der Waals surface area contributed by atoms with Crippen LogP contribution in [0.15, 0.2) is 76.6 Å². The van der Waals surface area contributed by atoms with Crippen molar-refractivity contribution in [2.45, 2.75) is 32.2 Å². The van der Waals surface area contributed by atoms with Crippen LogP contribution in [0.1, 0.15) is 48.5 Å². The SMILES string of the molecule is CC(C)(C)c1ccc(C2C(C(=O)c3ccco3)=C(O)C(=O)N2c2ccc(F)c(Cl)c2)cc1. The Morgan fingerprint density at radius 1 is 1.12 bits per heavy atom. The summed E-state index contributed by atoms with van der Waals surface area (Å²) < 4.78 is 19.0. The molecule has 0 aliphatic carbocycles. The van der Waals surface area contributed by atoms with Crippen LogP contribution >= 0.6 is 11.6 Å². The lowest BCUT2D eigenvalue weighted by Crippen LogP contribution is -2.31. The molecule has 1 unspecified atom stereocenters. The van der Waals surface area contributed by atoms with Gasteiger partial charge in [-0.05, 0) is 46.9 Å². The number of anilines is 1.